The van der Waals surface area contributed by atoms with Crippen molar-refractivity contribution >= 4 is 8.07 Å². The molecule has 0 aromatic carbocycles. The van der Waals surface area contributed by atoms with E-state index in [-0.39, 0.29) is 0 Å². The Bertz CT molecular complexity index is 120. The predicted octanol–water partition coefficient (Wildman–Crippen LogP) is 2.18. The Labute approximate surface area is 95.1 Å². The van der Waals surface area contributed by atoms with Crippen molar-refractivity contribution in [1.82, 2.24) is 0 Å². The van der Waals surface area contributed by atoms with E-state index in [2.05, 4.69) is 6.92 Å². The van der Waals surface area contributed by atoms with Crippen LogP contribution >= 0.6 is 0 Å². The van der Waals surface area contributed by atoms with Gasteiger partial charge < -0.3 is 14.2 Å². The average Bonchev–Trinajstić information content (AvgIpc) is 2.29. The van der Waals surface area contributed by atoms with Gasteiger partial charge in [0, 0.05) is 38.5 Å². The number of ether oxygens (including phenoxy) is 3. The second kappa shape index (κ2) is 9.33. The van der Waals surface area contributed by atoms with Gasteiger partial charge in [-0.25, -0.2) is 0 Å². The molecule has 0 aromatic heterocycles. The SMILES string of the molecule is CCOC[Si](CC)(COCC)COCC. The topological polar surface area (TPSA) is 27.7 Å². The van der Waals surface area contributed by atoms with E-state index in [0.29, 0.717) is 0 Å². The zero-order chi connectivity index (χ0) is 11.6. The van der Waals surface area contributed by atoms with E-state index in [1.54, 1.807) is 0 Å². The molecular weight excluding hydrogens is 208 g/mol. The number of hydrogen-bond acceptors (Lipinski definition) is 3. The van der Waals surface area contributed by atoms with E-state index >= 15 is 0 Å². The van der Waals surface area contributed by atoms with Gasteiger partial charge >= 0.3 is 0 Å². The van der Waals surface area contributed by atoms with Crippen molar-refractivity contribution in [2.45, 2.75) is 33.7 Å². The molecule has 0 heterocycles. The summed E-state index contributed by atoms with van der Waals surface area (Å²) in [5, 5.41) is 0. The number of rotatable bonds is 10. The van der Waals surface area contributed by atoms with Crippen molar-refractivity contribution in [2.75, 3.05) is 38.5 Å². The zero-order valence-corrected chi connectivity index (χ0v) is 11.7. The first kappa shape index (κ1) is 15.1. The molecule has 0 spiro atoms. The quantitative estimate of drug-likeness (QED) is 0.542. The lowest BCUT2D eigenvalue weighted by Crippen LogP contribution is -2.50. The molecule has 0 amide bonds. The lowest BCUT2D eigenvalue weighted by atomic mass is 10.9. The Hall–Kier alpha value is 0.0969. The molecule has 0 unspecified atom stereocenters. The van der Waals surface area contributed by atoms with Crippen molar-refractivity contribution in [2.24, 2.45) is 0 Å². The second-order valence-corrected chi connectivity index (χ2v) is 8.34. The zero-order valence-electron chi connectivity index (χ0n) is 10.7. The highest BCUT2D eigenvalue weighted by atomic mass is 28.3. The normalized spacial score (nSPS) is 12.0. The van der Waals surface area contributed by atoms with E-state index < -0.39 is 8.07 Å². The number of hydrogen-bond donors (Lipinski definition) is 0. The molecule has 0 aliphatic rings. The van der Waals surface area contributed by atoms with Crippen molar-refractivity contribution in [3.05, 3.63) is 0 Å². The third-order valence-electron chi connectivity index (χ3n) is 2.59. The standard InChI is InChI=1S/C11H26O3Si/c1-5-12-9-15(8-4,10-13-6-2)11-14-7-3/h5-11H2,1-4H3. The molecule has 0 fully saturated rings. The Balaban J connectivity index is 4.16. The van der Waals surface area contributed by atoms with Crippen LogP contribution in [0.5, 0.6) is 0 Å². The molecule has 92 valence electrons. The molecule has 15 heavy (non-hydrogen) atoms. The smallest absolute Gasteiger partial charge is 0.140 e. The summed E-state index contributed by atoms with van der Waals surface area (Å²) < 4.78 is 16.8. The van der Waals surface area contributed by atoms with Crippen molar-refractivity contribution in [3.8, 4) is 0 Å². The summed E-state index contributed by atoms with van der Waals surface area (Å²) in [5.41, 5.74) is 0. The monoisotopic (exact) mass is 234 g/mol. The van der Waals surface area contributed by atoms with Crippen LogP contribution in [0.25, 0.3) is 0 Å². The largest absolute Gasteiger partial charge is 0.385 e. The van der Waals surface area contributed by atoms with Crippen LogP contribution < -0.4 is 0 Å². The van der Waals surface area contributed by atoms with Crippen molar-refractivity contribution in [1.29, 1.82) is 0 Å². The fraction of sp³-hybridized carbons (Fsp3) is 1.00. The maximum absolute atomic E-state index is 5.59. The molecule has 0 saturated heterocycles. The first-order chi connectivity index (χ1) is 7.24. The van der Waals surface area contributed by atoms with Gasteiger partial charge in [0.05, 0.1) is 0 Å². The highest BCUT2D eigenvalue weighted by molar-refractivity contribution is 6.79. The first-order valence-electron chi connectivity index (χ1n) is 5.97. The molecule has 0 rings (SSSR count). The van der Waals surface area contributed by atoms with Crippen LogP contribution in [-0.2, 0) is 14.2 Å². The third-order valence-corrected chi connectivity index (χ3v) is 6.54. The summed E-state index contributed by atoms with van der Waals surface area (Å²) in [6.45, 7) is 10.7. The van der Waals surface area contributed by atoms with Gasteiger partial charge in [0.15, 0.2) is 0 Å². The maximum Gasteiger partial charge on any atom is 0.140 e. The van der Waals surface area contributed by atoms with Gasteiger partial charge in [-0.05, 0) is 20.8 Å². The lowest BCUT2D eigenvalue weighted by molar-refractivity contribution is 0.138. The second-order valence-electron chi connectivity index (χ2n) is 3.76. The lowest BCUT2D eigenvalue weighted by Gasteiger charge is -2.29. The van der Waals surface area contributed by atoms with Crippen LogP contribution in [0, 0.1) is 0 Å². The van der Waals surface area contributed by atoms with Crippen LogP contribution in [0.2, 0.25) is 6.04 Å². The van der Waals surface area contributed by atoms with E-state index in [1.807, 2.05) is 20.8 Å². The molecule has 0 aliphatic carbocycles. The van der Waals surface area contributed by atoms with Gasteiger partial charge in [0.25, 0.3) is 0 Å². The summed E-state index contributed by atoms with van der Waals surface area (Å²) in [6, 6.07) is 1.16. The Kier molecular flexibility index (Phi) is 9.39. The third kappa shape index (κ3) is 6.30. The molecule has 0 aliphatic heterocycles. The summed E-state index contributed by atoms with van der Waals surface area (Å²) in [7, 11) is -1.50. The predicted molar refractivity (Wildman–Crippen MR) is 65.7 cm³/mol. The fourth-order valence-electron chi connectivity index (χ4n) is 1.39. The maximum atomic E-state index is 5.59. The van der Waals surface area contributed by atoms with E-state index in [9.17, 15) is 0 Å². The highest BCUT2D eigenvalue weighted by Crippen LogP contribution is 2.12. The van der Waals surface area contributed by atoms with Crippen LogP contribution in [0.3, 0.4) is 0 Å². The molecule has 3 nitrogen and oxygen atoms in total. The molecule has 0 atom stereocenters. The van der Waals surface area contributed by atoms with Gasteiger partial charge in [-0.15, -0.1) is 0 Å². The Morgan fingerprint density at radius 2 is 1.00 bits per heavy atom. The minimum Gasteiger partial charge on any atom is -0.385 e. The van der Waals surface area contributed by atoms with Crippen LogP contribution in [0.15, 0.2) is 0 Å². The minimum atomic E-state index is -1.50. The highest BCUT2D eigenvalue weighted by Gasteiger charge is 2.32. The Morgan fingerprint density at radius 1 is 0.667 bits per heavy atom. The van der Waals surface area contributed by atoms with Gasteiger partial charge in [0.1, 0.15) is 8.07 Å². The van der Waals surface area contributed by atoms with Crippen LogP contribution in [0.4, 0.5) is 0 Å². The van der Waals surface area contributed by atoms with E-state index in [0.717, 1.165) is 44.6 Å². The summed E-state index contributed by atoms with van der Waals surface area (Å²) in [4.78, 5) is 0. The van der Waals surface area contributed by atoms with Gasteiger partial charge in [0.2, 0.25) is 0 Å². The Morgan fingerprint density at radius 3 is 1.20 bits per heavy atom. The van der Waals surface area contributed by atoms with Gasteiger partial charge in [-0.3, -0.25) is 0 Å². The average molecular weight is 234 g/mol. The van der Waals surface area contributed by atoms with Crippen LogP contribution in [0.1, 0.15) is 27.7 Å². The summed E-state index contributed by atoms with van der Waals surface area (Å²) >= 11 is 0. The molecule has 0 N–H and O–H groups in total. The molecule has 4 heteroatoms. The summed E-state index contributed by atoms with van der Waals surface area (Å²) in [6.07, 6.45) is 2.58. The van der Waals surface area contributed by atoms with E-state index in [4.69, 9.17) is 14.2 Å². The van der Waals surface area contributed by atoms with Gasteiger partial charge in [-0.1, -0.05) is 13.0 Å². The molecular formula is C11H26O3Si. The van der Waals surface area contributed by atoms with Crippen molar-refractivity contribution in [3.63, 3.8) is 0 Å². The molecule has 0 radical (unpaired) electrons. The molecule has 0 bridgehead atoms. The van der Waals surface area contributed by atoms with Gasteiger partial charge in [-0.2, -0.15) is 0 Å². The minimum absolute atomic E-state index is 0.785. The van der Waals surface area contributed by atoms with Crippen molar-refractivity contribution < 1.29 is 14.2 Å². The molecule has 0 saturated carbocycles. The molecule has 0 aromatic rings. The fourth-order valence-corrected chi connectivity index (χ4v) is 4.16. The van der Waals surface area contributed by atoms with Crippen LogP contribution in [-0.4, -0.2) is 46.6 Å². The van der Waals surface area contributed by atoms with E-state index in [1.165, 1.54) is 0 Å². The first-order valence-corrected chi connectivity index (χ1v) is 8.80. The summed E-state index contributed by atoms with van der Waals surface area (Å²) in [5.74, 6) is 0.